The van der Waals surface area contributed by atoms with E-state index in [1.165, 1.54) is 0 Å². The maximum Gasteiger partial charge on any atom is 0.337 e. The van der Waals surface area contributed by atoms with Crippen molar-refractivity contribution in [2.24, 2.45) is 5.41 Å². The number of aromatic carboxylic acids is 1. The number of benzene rings is 2. The van der Waals surface area contributed by atoms with Crippen molar-refractivity contribution in [1.82, 2.24) is 9.97 Å². The Balaban J connectivity index is 1.55. The second kappa shape index (κ2) is 7.46. The molecule has 2 N–H and O–H groups in total. The summed E-state index contributed by atoms with van der Waals surface area (Å²) in [5.41, 5.74) is 4.53. The molecule has 3 aromatic rings. The second-order valence-electron chi connectivity index (χ2n) is 8.80. The van der Waals surface area contributed by atoms with Crippen molar-refractivity contribution in [3.63, 3.8) is 0 Å². The van der Waals surface area contributed by atoms with Crippen LogP contribution < -0.4 is 10.2 Å². The summed E-state index contributed by atoms with van der Waals surface area (Å²) in [6.07, 6.45) is 0. The van der Waals surface area contributed by atoms with E-state index in [4.69, 9.17) is 9.72 Å². The van der Waals surface area contributed by atoms with Crippen molar-refractivity contribution >= 4 is 28.5 Å². The molecular weight excluding hydrogens is 406 g/mol. The molecule has 0 aliphatic carbocycles. The number of hydrogen-bond acceptors (Lipinski definition) is 7. The summed E-state index contributed by atoms with van der Waals surface area (Å²) in [7, 11) is 0. The van der Waals surface area contributed by atoms with Gasteiger partial charge >= 0.3 is 5.97 Å². The largest absolute Gasteiger partial charge is 0.478 e. The Hall–Kier alpha value is -3.70. The first-order valence-electron chi connectivity index (χ1n) is 10.5. The van der Waals surface area contributed by atoms with E-state index in [0.29, 0.717) is 28.2 Å². The van der Waals surface area contributed by atoms with Crippen LogP contribution in [0.4, 0.5) is 11.5 Å². The highest BCUT2D eigenvalue weighted by Crippen LogP contribution is 2.41. The standard InChI is InChI=1S/C24H23N5O3/c1-14-7-17(15(2)26-18-6-4-3-5-16(18)23(30)31)21-19(8-14)27-20(9-25)22(28-21)29-10-24(11-29)12-32-13-24/h3-8,15,26H,10-13H2,1-2H3,(H,30,31). The van der Waals surface area contributed by atoms with Crippen LogP contribution in [0, 0.1) is 23.7 Å². The molecule has 2 fully saturated rings. The zero-order valence-corrected chi connectivity index (χ0v) is 17.9. The van der Waals surface area contributed by atoms with E-state index >= 15 is 0 Å². The van der Waals surface area contributed by atoms with Gasteiger partial charge in [-0.3, -0.25) is 0 Å². The third-order valence-electron chi connectivity index (χ3n) is 6.20. The van der Waals surface area contributed by atoms with Crippen LogP contribution >= 0.6 is 0 Å². The van der Waals surface area contributed by atoms with E-state index in [1.54, 1.807) is 24.3 Å². The highest BCUT2D eigenvalue weighted by atomic mass is 16.5. The number of carboxylic acids is 1. The van der Waals surface area contributed by atoms with Crippen molar-refractivity contribution in [3.8, 4) is 6.07 Å². The smallest absolute Gasteiger partial charge is 0.337 e. The molecule has 0 radical (unpaired) electrons. The third-order valence-corrected chi connectivity index (χ3v) is 6.20. The highest BCUT2D eigenvalue weighted by molar-refractivity contribution is 5.94. The van der Waals surface area contributed by atoms with E-state index in [9.17, 15) is 15.2 Å². The fourth-order valence-electron chi connectivity index (χ4n) is 4.54. The molecule has 8 heteroatoms. The molecule has 0 amide bonds. The predicted octanol–water partition coefficient (Wildman–Crippen LogP) is 3.52. The van der Waals surface area contributed by atoms with E-state index in [2.05, 4.69) is 21.3 Å². The minimum absolute atomic E-state index is 0.189. The Morgan fingerprint density at radius 1 is 1.28 bits per heavy atom. The molecule has 1 aromatic heterocycles. The average molecular weight is 429 g/mol. The molecule has 1 spiro atoms. The van der Waals surface area contributed by atoms with E-state index < -0.39 is 5.97 Å². The van der Waals surface area contributed by atoms with Crippen LogP contribution in [-0.2, 0) is 4.74 Å². The number of carbonyl (C=O) groups is 1. The van der Waals surface area contributed by atoms with Crippen LogP contribution in [0.2, 0.25) is 0 Å². The molecule has 0 bridgehead atoms. The molecule has 162 valence electrons. The predicted molar refractivity (Wildman–Crippen MR) is 120 cm³/mol. The Morgan fingerprint density at radius 2 is 2.03 bits per heavy atom. The number of aromatic nitrogens is 2. The molecule has 3 heterocycles. The summed E-state index contributed by atoms with van der Waals surface area (Å²) in [6.45, 7) is 7.06. The van der Waals surface area contributed by atoms with Gasteiger partial charge in [-0.25, -0.2) is 14.8 Å². The Morgan fingerprint density at radius 3 is 2.69 bits per heavy atom. The molecule has 2 saturated heterocycles. The third kappa shape index (κ3) is 3.31. The van der Waals surface area contributed by atoms with Gasteiger partial charge in [-0.15, -0.1) is 0 Å². The summed E-state index contributed by atoms with van der Waals surface area (Å²) >= 11 is 0. The Labute approximate surface area is 185 Å². The quantitative estimate of drug-likeness (QED) is 0.634. The Kier molecular flexibility index (Phi) is 4.72. The maximum absolute atomic E-state index is 11.6. The maximum atomic E-state index is 11.6. The van der Waals surface area contributed by atoms with Gasteiger partial charge in [0.2, 0.25) is 0 Å². The lowest BCUT2D eigenvalue weighted by molar-refractivity contribution is -0.127. The van der Waals surface area contributed by atoms with Crippen LogP contribution in [0.3, 0.4) is 0 Å². The number of carboxylic acid groups (broad SMARTS) is 1. The molecule has 1 unspecified atom stereocenters. The first-order chi connectivity index (χ1) is 15.4. The lowest BCUT2D eigenvalue weighted by atomic mass is 9.78. The number of anilines is 2. The first kappa shape index (κ1) is 20.2. The minimum atomic E-state index is -0.984. The van der Waals surface area contributed by atoms with Gasteiger partial charge in [-0.2, -0.15) is 5.26 Å². The molecule has 1 atom stereocenters. The molecule has 2 aliphatic heterocycles. The summed E-state index contributed by atoms with van der Waals surface area (Å²) in [6, 6.07) is 12.8. The number of fused-ring (bicyclic) bond motifs is 1. The summed E-state index contributed by atoms with van der Waals surface area (Å²) in [4.78, 5) is 23.2. The number of para-hydroxylation sites is 1. The van der Waals surface area contributed by atoms with E-state index in [1.807, 2.05) is 26.0 Å². The number of nitriles is 1. The van der Waals surface area contributed by atoms with E-state index in [-0.39, 0.29) is 17.0 Å². The SMILES string of the molecule is Cc1cc(C(C)Nc2ccccc2C(=O)O)c2nc(N3CC4(COC4)C3)c(C#N)nc2c1. The number of nitrogens with one attached hydrogen (secondary N) is 1. The van der Waals surface area contributed by atoms with Gasteiger partial charge in [0.05, 0.1) is 41.3 Å². The second-order valence-corrected chi connectivity index (χ2v) is 8.80. The van der Waals surface area contributed by atoms with Crippen molar-refractivity contribution < 1.29 is 14.6 Å². The van der Waals surface area contributed by atoms with Gasteiger partial charge in [0.25, 0.3) is 0 Å². The van der Waals surface area contributed by atoms with Gasteiger partial charge in [0, 0.05) is 24.3 Å². The molecule has 2 aromatic carbocycles. The molecule has 0 saturated carbocycles. The molecule has 8 nitrogen and oxygen atoms in total. The van der Waals surface area contributed by atoms with Crippen molar-refractivity contribution in [3.05, 3.63) is 58.8 Å². The summed E-state index contributed by atoms with van der Waals surface area (Å²) in [5, 5.41) is 22.5. The molecule has 2 aliphatic rings. The zero-order valence-electron chi connectivity index (χ0n) is 17.9. The van der Waals surface area contributed by atoms with Crippen LogP contribution in [0.5, 0.6) is 0 Å². The van der Waals surface area contributed by atoms with Crippen LogP contribution in [0.1, 0.15) is 40.1 Å². The number of nitrogens with zero attached hydrogens (tertiary/aromatic N) is 4. The number of ether oxygens (including phenoxy) is 1. The van der Waals surface area contributed by atoms with Crippen LogP contribution in [-0.4, -0.2) is 47.3 Å². The van der Waals surface area contributed by atoms with E-state index in [0.717, 1.165) is 37.4 Å². The fourth-order valence-corrected chi connectivity index (χ4v) is 4.54. The van der Waals surface area contributed by atoms with Gasteiger partial charge in [-0.1, -0.05) is 18.2 Å². The van der Waals surface area contributed by atoms with Crippen LogP contribution in [0.25, 0.3) is 11.0 Å². The molecule has 32 heavy (non-hydrogen) atoms. The van der Waals surface area contributed by atoms with Crippen molar-refractivity contribution in [2.75, 3.05) is 36.5 Å². The highest BCUT2D eigenvalue weighted by Gasteiger charge is 2.50. The van der Waals surface area contributed by atoms with Crippen LogP contribution in [0.15, 0.2) is 36.4 Å². The average Bonchev–Trinajstić information content (AvgIpc) is 2.71. The van der Waals surface area contributed by atoms with Gasteiger partial charge in [0.15, 0.2) is 11.5 Å². The topological polar surface area (TPSA) is 111 Å². The number of hydrogen-bond donors (Lipinski definition) is 2. The lowest BCUT2D eigenvalue weighted by Crippen LogP contribution is -2.66. The zero-order chi connectivity index (χ0) is 22.5. The van der Waals surface area contributed by atoms with Gasteiger partial charge in [-0.05, 0) is 37.6 Å². The van der Waals surface area contributed by atoms with Crippen molar-refractivity contribution in [2.45, 2.75) is 19.9 Å². The fraction of sp³-hybridized carbons (Fsp3) is 0.333. The minimum Gasteiger partial charge on any atom is -0.478 e. The normalized spacial score (nSPS) is 17.3. The summed E-state index contributed by atoms with van der Waals surface area (Å²) in [5.74, 6) is -0.386. The lowest BCUT2D eigenvalue weighted by Gasteiger charge is -2.55. The van der Waals surface area contributed by atoms with Gasteiger partial charge < -0.3 is 20.1 Å². The molecule has 5 rings (SSSR count). The van der Waals surface area contributed by atoms with Gasteiger partial charge in [0.1, 0.15) is 6.07 Å². The van der Waals surface area contributed by atoms with Crippen molar-refractivity contribution in [1.29, 1.82) is 5.26 Å². The first-order valence-corrected chi connectivity index (χ1v) is 10.5. The monoisotopic (exact) mass is 429 g/mol. The Bertz CT molecular complexity index is 1270. The number of rotatable bonds is 5. The molecular formula is C24H23N5O3. The summed E-state index contributed by atoms with van der Waals surface area (Å²) < 4.78 is 5.36. The number of aryl methyl sites for hydroxylation is 1.